The smallest absolute Gasteiger partial charge is 0.484 e. The largest absolute Gasteiger partial charge is 0.488 e. The fourth-order valence-corrected chi connectivity index (χ4v) is 1.18. The van der Waals surface area contributed by atoms with Crippen LogP contribution in [-0.4, -0.2) is 29.9 Å². The zero-order valence-corrected chi connectivity index (χ0v) is 9.09. The van der Waals surface area contributed by atoms with Gasteiger partial charge in [-0.15, -0.1) is 0 Å². The lowest BCUT2D eigenvalue weighted by atomic mass is 9.79. The Balaban J connectivity index is 3.07. The van der Waals surface area contributed by atoms with Crippen molar-refractivity contribution in [2.24, 2.45) is 0 Å². The normalized spacial score (nSPS) is 12.4. The van der Waals surface area contributed by atoms with E-state index in [1.165, 1.54) is 0 Å². The van der Waals surface area contributed by atoms with Crippen molar-refractivity contribution in [1.29, 1.82) is 0 Å². The van der Waals surface area contributed by atoms with Crippen molar-refractivity contribution in [2.75, 3.05) is 6.61 Å². The van der Waals surface area contributed by atoms with Gasteiger partial charge in [0.15, 0.2) is 6.61 Å². The zero-order valence-electron chi connectivity index (χ0n) is 9.09. The van der Waals surface area contributed by atoms with Crippen molar-refractivity contribution in [1.82, 2.24) is 0 Å². The van der Waals surface area contributed by atoms with Crippen LogP contribution in [-0.2, 0) is 6.18 Å². The van der Waals surface area contributed by atoms with Crippen LogP contribution in [0.15, 0.2) is 18.2 Å². The quantitative estimate of drug-likeness (QED) is 0.651. The summed E-state index contributed by atoms with van der Waals surface area (Å²) in [6.07, 6.45) is -9.56. The number of alkyl halides is 6. The molecule has 0 saturated carbocycles. The summed E-state index contributed by atoms with van der Waals surface area (Å²) in [7, 11) is -2.25. The third kappa shape index (κ3) is 4.99. The van der Waals surface area contributed by atoms with Crippen molar-refractivity contribution in [2.45, 2.75) is 12.4 Å². The number of rotatable bonds is 3. The molecule has 0 saturated heterocycles. The standard InChI is InChI=1S/C9H7BF6O3/c11-8(12,13)4-19-7-2-5(9(14,15)16)1-6(3-7)10(17)18/h1-3,17-18H,4H2. The lowest BCUT2D eigenvalue weighted by Crippen LogP contribution is -2.31. The Morgan fingerprint density at radius 2 is 1.58 bits per heavy atom. The first-order valence-electron chi connectivity index (χ1n) is 4.77. The molecule has 1 aromatic rings. The zero-order chi connectivity index (χ0) is 14.8. The highest BCUT2D eigenvalue weighted by Crippen LogP contribution is 2.31. The second-order valence-corrected chi connectivity index (χ2v) is 3.57. The van der Waals surface area contributed by atoms with E-state index in [0.29, 0.717) is 18.2 Å². The van der Waals surface area contributed by atoms with Crippen LogP contribution in [0.2, 0.25) is 0 Å². The van der Waals surface area contributed by atoms with Crippen molar-refractivity contribution in [3.63, 3.8) is 0 Å². The van der Waals surface area contributed by atoms with E-state index in [2.05, 4.69) is 4.74 Å². The second kappa shape index (κ2) is 5.29. The third-order valence-electron chi connectivity index (χ3n) is 1.96. The first-order valence-corrected chi connectivity index (χ1v) is 4.77. The van der Waals surface area contributed by atoms with E-state index in [1.807, 2.05) is 0 Å². The Hall–Kier alpha value is -1.42. The fourth-order valence-electron chi connectivity index (χ4n) is 1.18. The SMILES string of the molecule is OB(O)c1cc(OCC(F)(F)F)cc(C(F)(F)F)c1. The van der Waals surface area contributed by atoms with Gasteiger partial charge in [0.1, 0.15) is 5.75 Å². The first-order chi connectivity index (χ1) is 8.49. The number of halogens is 6. The lowest BCUT2D eigenvalue weighted by Gasteiger charge is -2.14. The minimum atomic E-state index is -4.85. The Morgan fingerprint density at radius 1 is 1.00 bits per heavy atom. The molecule has 0 aromatic heterocycles. The van der Waals surface area contributed by atoms with E-state index < -0.39 is 42.9 Å². The lowest BCUT2D eigenvalue weighted by molar-refractivity contribution is -0.153. The molecule has 3 nitrogen and oxygen atoms in total. The Kier molecular flexibility index (Phi) is 4.36. The predicted octanol–water partition coefficient (Wildman–Crippen LogP) is 1.33. The maximum absolute atomic E-state index is 12.4. The average Bonchev–Trinajstić information content (AvgIpc) is 2.23. The van der Waals surface area contributed by atoms with Gasteiger partial charge in [0.2, 0.25) is 0 Å². The van der Waals surface area contributed by atoms with Crippen LogP contribution in [0.1, 0.15) is 5.56 Å². The van der Waals surface area contributed by atoms with E-state index >= 15 is 0 Å². The summed E-state index contributed by atoms with van der Waals surface area (Å²) in [6.45, 7) is -1.78. The summed E-state index contributed by atoms with van der Waals surface area (Å²) in [5.41, 5.74) is -1.96. The van der Waals surface area contributed by atoms with Gasteiger partial charge < -0.3 is 14.8 Å². The molecule has 1 rings (SSSR count). The van der Waals surface area contributed by atoms with Crippen molar-refractivity contribution >= 4 is 12.6 Å². The number of hydrogen-bond acceptors (Lipinski definition) is 3. The van der Waals surface area contributed by atoms with Crippen molar-refractivity contribution in [3.8, 4) is 5.75 Å². The molecule has 0 bridgehead atoms. The molecular weight excluding hydrogens is 281 g/mol. The van der Waals surface area contributed by atoms with Crippen LogP contribution in [0, 0.1) is 0 Å². The molecule has 10 heteroatoms. The summed E-state index contributed by atoms with van der Waals surface area (Å²) in [5, 5.41) is 17.6. The van der Waals surface area contributed by atoms with Gasteiger partial charge in [-0.1, -0.05) is 0 Å². The third-order valence-corrected chi connectivity index (χ3v) is 1.96. The molecule has 106 valence electrons. The second-order valence-electron chi connectivity index (χ2n) is 3.57. The molecule has 0 amide bonds. The van der Waals surface area contributed by atoms with Gasteiger partial charge >= 0.3 is 19.5 Å². The van der Waals surface area contributed by atoms with E-state index in [1.54, 1.807) is 0 Å². The highest BCUT2D eigenvalue weighted by atomic mass is 19.4. The van der Waals surface area contributed by atoms with Gasteiger partial charge in [-0.2, -0.15) is 26.3 Å². The Morgan fingerprint density at radius 3 is 2.00 bits per heavy atom. The van der Waals surface area contributed by atoms with Crippen LogP contribution < -0.4 is 10.2 Å². The maximum Gasteiger partial charge on any atom is 0.488 e. The molecule has 0 aliphatic carbocycles. The highest BCUT2D eigenvalue weighted by molar-refractivity contribution is 6.58. The van der Waals surface area contributed by atoms with Crippen LogP contribution in [0.25, 0.3) is 0 Å². The number of hydrogen-bond donors (Lipinski definition) is 2. The van der Waals surface area contributed by atoms with E-state index in [-0.39, 0.29) is 0 Å². The molecule has 0 unspecified atom stereocenters. The minimum absolute atomic E-state index is 0.345. The Bertz CT molecular complexity index is 443. The fraction of sp³-hybridized carbons (Fsp3) is 0.333. The molecular formula is C9H7BF6O3. The molecule has 1 aromatic carbocycles. The van der Waals surface area contributed by atoms with Crippen LogP contribution in [0.5, 0.6) is 5.75 Å². The summed E-state index contributed by atoms with van der Waals surface area (Å²) in [6, 6.07) is 1.44. The number of benzene rings is 1. The molecule has 2 N–H and O–H groups in total. The molecule has 0 spiro atoms. The van der Waals surface area contributed by atoms with Crippen molar-refractivity contribution in [3.05, 3.63) is 23.8 Å². The van der Waals surface area contributed by atoms with Gasteiger partial charge in [0, 0.05) is 0 Å². The monoisotopic (exact) mass is 288 g/mol. The summed E-state index contributed by atoms with van der Waals surface area (Å²) >= 11 is 0. The first kappa shape index (κ1) is 15.6. The number of ether oxygens (including phenoxy) is 1. The maximum atomic E-state index is 12.4. The van der Waals surface area contributed by atoms with Crippen molar-refractivity contribution < 1.29 is 41.1 Å². The van der Waals surface area contributed by atoms with E-state index in [9.17, 15) is 26.3 Å². The molecule has 19 heavy (non-hydrogen) atoms. The predicted molar refractivity (Wildman–Crippen MR) is 52.8 cm³/mol. The van der Waals surface area contributed by atoms with Crippen LogP contribution in [0.4, 0.5) is 26.3 Å². The molecule has 0 radical (unpaired) electrons. The van der Waals surface area contributed by atoms with Crippen LogP contribution in [0.3, 0.4) is 0 Å². The summed E-state index contributed by atoms with van der Waals surface area (Å²) in [5.74, 6) is -0.754. The highest BCUT2D eigenvalue weighted by Gasteiger charge is 2.33. The summed E-state index contributed by atoms with van der Waals surface area (Å²) in [4.78, 5) is 0. The molecule has 0 atom stereocenters. The molecule has 0 aliphatic rings. The van der Waals surface area contributed by atoms with E-state index in [4.69, 9.17) is 10.0 Å². The Labute approximate surface area is 103 Å². The average molecular weight is 288 g/mol. The van der Waals surface area contributed by atoms with Gasteiger partial charge in [-0.05, 0) is 23.7 Å². The summed E-state index contributed by atoms with van der Waals surface area (Å²) < 4.78 is 77.2. The van der Waals surface area contributed by atoms with Gasteiger partial charge in [0.25, 0.3) is 0 Å². The van der Waals surface area contributed by atoms with Gasteiger partial charge in [0.05, 0.1) is 5.56 Å². The van der Waals surface area contributed by atoms with E-state index in [0.717, 1.165) is 0 Å². The minimum Gasteiger partial charge on any atom is -0.484 e. The molecule has 0 heterocycles. The molecule has 0 aliphatic heterocycles. The van der Waals surface area contributed by atoms with Crippen LogP contribution >= 0.6 is 0 Å². The van der Waals surface area contributed by atoms with Gasteiger partial charge in [-0.25, -0.2) is 0 Å². The topological polar surface area (TPSA) is 49.7 Å². The molecule has 0 fully saturated rings. The van der Waals surface area contributed by atoms with Gasteiger partial charge in [-0.3, -0.25) is 0 Å².